The molecule has 0 unspecified atom stereocenters. The van der Waals surface area contributed by atoms with Crippen LogP contribution in [-0.4, -0.2) is 32.2 Å². The van der Waals surface area contributed by atoms with E-state index >= 15 is 0 Å². The summed E-state index contributed by atoms with van der Waals surface area (Å²) in [5.74, 6) is -0.281. The highest BCUT2D eigenvalue weighted by atomic mass is 16.4. The van der Waals surface area contributed by atoms with Crippen molar-refractivity contribution in [1.29, 1.82) is 0 Å². The minimum absolute atomic E-state index is 0.00245. The van der Waals surface area contributed by atoms with Gasteiger partial charge in [-0.2, -0.15) is 9.61 Å². The highest BCUT2D eigenvalue weighted by Crippen LogP contribution is 2.13. The Kier molecular flexibility index (Phi) is 2.95. The summed E-state index contributed by atoms with van der Waals surface area (Å²) in [7, 11) is 0. The van der Waals surface area contributed by atoms with Gasteiger partial charge >= 0.3 is 5.97 Å². The number of aromatic carboxylic acids is 1. The highest BCUT2D eigenvalue weighted by molar-refractivity contribution is 5.86. The van der Waals surface area contributed by atoms with Crippen molar-refractivity contribution in [2.45, 2.75) is 20.3 Å². The second-order valence-electron chi connectivity index (χ2n) is 3.81. The molecule has 0 bridgehead atoms. The van der Waals surface area contributed by atoms with Crippen molar-refractivity contribution in [2.75, 3.05) is 11.9 Å². The number of rotatable bonds is 4. The Morgan fingerprint density at radius 2 is 2.29 bits per heavy atom. The quantitative estimate of drug-likeness (QED) is 0.839. The summed E-state index contributed by atoms with van der Waals surface area (Å²) in [6, 6.07) is 3.31. The number of carboxylic acids is 1. The standard InChI is InChI=1S/C11H14N4O2/c1-3-4-12-9-5-7(2)13-10-6-8(11(16)17)14-15(9)10/h5-6,12H,3-4H2,1-2H3,(H,16,17). The first-order valence-electron chi connectivity index (χ1n) is 5.46. The number of carbonyl (C=O) groups is 1. The third-order valence-electron chi connectivity index (χ3n) is 2.33. The van der Waals surface area contributed by atoms with Gasteiger partial charge in [-0.3, -0.25) is 0 Å². The fourth-order valence-electron chi connectivity index (χ4n) is 1.58. The maximum atomic E-state index is 10.9. The molecule has 6 nitrogen and oxygen atoms in total. The van der Waals surface area contributed by atoms with Crippen molar-refractivity contribution in [3.8, 4) is 0 Å². The van der Waals surface area contributed by atoms with Crippen molar-refractivity contribution >= 4 is 17.4 Å². The Morgan fingerprint density at radius 3 is 2.94 bits per heavy atom. The van der Waals surface area contributed by atoms with E-state index in [1.165, 1.54) is 10.6 Å². The summed E-state index contributed by atoms with van der Waals surface area (Å²) >= 11 is 0. The van der Waals surface area contributed by atoms with Crippen LogP contribution in [0.15, 0.2) is 12.1 Å². The molecule has 0 spiro atoms. The molecule has 2 N–H and O–H groups in total. The van der Waals surface area contributed by atoms with Crippen molar-refractivity contribution in [1.82, 2.24) is 14.6 Å². The van der Waals surface area contributed by atoms with Gasteiger partial charge in [0.05, 0.1) is 0 Å². The van der Waals surface area contributed by atoms with Gasteiger partial charge in [0.15, 0.2) is 11.3 Å². The van der Waals surface area contributed by atoms with Crippen LogP contribution in [0.1, 0.15) is 29.5 Å². The van der Waals surface area contributed by atoms with E-state index in [1.807, 2.05) is 13.0 Å². The number of carboxylic acid groups (broad SMARTS) is 1. The first-order valence-corrected chi connectivity index (χ1v) is 5.46. The second-order valence-corrected chi connectivity index (χ2v) is 3.81. The molecule has 0 aromatic carbocycles. The second kappa shape index (κ2) is 4.40. The largest absolute Gasteiger partial charge is 0.476 e. The third kappa shape index (κ3) is 2.20. The molecule has 17 heavy (non-hydrogen) atoms. The van der Waals surface area contributed by atoms with Crippen LogP contribution in [0.2, 0.25) is 0 Å². The van der Waals surface area contributed by atoms with E-state index in [2.05, 4.69) is 22.3 Å². The molecular formula is C11H14N4O2. The van der Waals surface area contributed by atoms with Gasteiger partial charge in [-0.15, -0.1) is 0 Å². The average molecular weight is 234 g/mol. The lowest BCUT2D eigenvalue weighted by molar-refractivity contribution is 0.0690. The Morgan fingerprint density at radius 1 is 1.53 bits per heavy atom. The van der Waals surface area contributed by atoms with Crippen LogP contribution in [0.4, 0.5) is 5.82 Å². The molecule has 0 aliphatic carbocycles. The van der Waals surface area contributed by atoms with Gasteiger partial charge in [-0.25, -0.2) is 9.78 Å². The van der Waals surface area contributed by atoms with Crippen molar-refractivity contribution < 1.29 is 9.90 Å². The van der Waals surface area contributed by atoms with Crippen LogP contribution >= 0.6 is 0 Å². The molecule has 0 radical (unpaired) electrons. The molecule has 2 aromatic heterocycles. The Labute approximate surface area is 98.3 Å². The minimum atomic E-state index is -1.05. The maximum absolute atomic E-state index is 10.9. The maximum Gasteiger partial charge on any atom is 0.356 e. The van der Waals surface area contributed by atoms with E-state index in [9.17, 15) is 4.79 Å². The molecule has 0 aliphatic heterocycles. The molecule has 90 valence electrons. The first-order chi connectivity index (χ1) is 8.11. The van der Waals surface area contributed by atoms with Crippen LogP contribution in [0.5, 0.6) is 0 Å². The number of anilines is 1. The molecule has 2 aromatic rings. The number of nitrogens with zero attached hydrogens (tertiary/aromatic N) is 3. The average Bonchev–Trinajstić information content (AvgIpc) is 2.69. The zero-order chi connectivity index (χ0) is 12.4. The summed E-state index contributed by atoms with van der Waals surface area (Å²) < 4.78 is 1.52. The van der Waals surface area contributed by atoms with Gasteiger partial charge in [-0.05, 0) is 13.3 Å². The molecule has 2 rings (SSSR count). The van der Waals surface area contributed by atoms with Crippen LogP contribution in [0.25, 0.3) is 5.65 Å². The van der Waals surface area contributed by atoms with Gasteiger partial charge in [0.2, 0.25) is 0 Å². The first kappa shape index (κ1) is 11.4. The summed E-state index contributed by atoms with van der Waals surface area (Å²) in [6.07, 6.45) is 0.982. The summed E-state index contributed by atoms with van der Waals surface area (Å²) in [4.78, 5) is 15.1. The van der Waals surface area contributed by atoms with E-state index in [1.54, 1.807) is 0 Å². The molecule has 0 amide bonds. The normalized spacial score (nSPS) is 10.7. The van der Waals surface area contributed by atoms with Crippen LogP contribution in [-0.2, 0) is 0 Å². The van der Waals surface area contributed by atoms with Crippen molar-refractivity contribution in [2.24, 2.45) is 0 Å². The predicted octanol–water partition coefficient (Wildman–Crippen LogP) is 1.56. The molecular weight excluding hydrogens is 220 g/mol. The van der Waals surface area contributed by atoms with Crippen LogP contribution < -0.4 is 5.32 Å². The van der Waals surface area contributed by atoms with Crippen LogP contribution in [0, 0.1) is 6.92 Å². The van der Waals surface area contributed by atoms with Gasteiger partial charge in [0, 0.05) is 24.4 Å². The van der Waals surface area contributed by atoms with Gasteiger partial charge < -0.3 is 10.4 Å². The number of hydrogen-bond donors (Lipinski definition) is 2. The van der Waals surface area contributed by atoms with E-state index < -0.39 is 5.97 Å². The number of aromatic nitrogens is 3. The monoisotopic (exact) mass is 234 g/mol. The van der Waals surface area contributed by atoms with Gasteiger partial charge in [0.25, 0.3) is 0 Å². The molecule has 0 fully saturated rings. The fraction of sp³-hybridized carbons (Fsp3) is 0.364. The number of aryl methyl sites for hydroxylation is 1. The van der Waals surface area contributed by atoms with E-state index in [4.69, 9.17) is 5.11 Å². The minimum Gasteiger partial charge on any atom is -0.476 e. The number of nitrogens with one attached hydrogen (secondary N) is 1. The molecule has 6 heteroatoms. The third-order valence-corrected chi connectivity index (χ3v) is 2.33. The van der Waals surface area contributed by atoms with Crippen LogP contribution in [0.3, 0.4) is 0 Å². The molecule has 0 saturated carbocycles. The molecule has 0 saturated heterocycles. The summed E-state index contributed by atoms with van der Waals surface area (Å²) in [5.41, 5.74) is 1.37. The topological polar surface area (TPSA) is 79.5 Å². The Balaban J connectivity index is 2.53. The van der Waals surface area contributed by atoms with Crippen molar-refractivity contribution in [3.05, 3.63) is 23.5 Å². The zero-order valence-electron chi connectivity index (χ0n) is 9.77. The summed E-state index contributed by atoms with van der Waals surface area (Å²) in [6.45, 7) is 4.73. The predicted molar refractivity (Wildman–Crippen MR) is 63.5 cm³/mol. The smallest absolute Gasteiger partial charge is 0.356 e. The van der Waals surface area contributed by atoms with E-state index in [0.717, 1.165) is 24.5 Å². The highest BCUT2D eigenvalue weighted by Gasteiger charge is 2.12. The van der Waals surface area contributed by atoms with E-state index in [-0.39, 0.29) is 5.69 Å². The SMILES string of the molecule is CCCNc1cc(C)nc2cc(C(=O)O)nn12. The summed E-state index contributed by atoms with van der Waals surface area (Å²) in [5, 5.41) is 16.1. The number of hydrogen-bond acceptors (Lipinski definition) is 4. The van der Waals surface area contributed by atoms with Crippen molar-refractivity contribution in [3.63, 3.8) is 0 Å². The zero-order valence-corrected chi connectivity index (χ0v) is 9.77. The number of fused-ring (bicyclic) bond motifs is 1. The van der Waals surface area contributed by atoms with Gasteiger partial charge in [0.1, 0.15) is 5.82 Å². The molecule has 2 heterocycles. The Hall–Kier alpha value is -2.11. The molecule has 0 atom stereocenters. The molecule has 0 aliphatic rings. The lowest BCUT2D eigenvalue weighted by Gasteiger charge is -2.07. The lowest BCUT2D eigenvalue weighted by atomic mass is 10.4. The Bertz CT molecular complexity index is 562. The van der Waals surface area contributed by atoms with E-state index in [0.29, 0.717) is 5.65 Å². The lowest BCUT2D eigenvalue weighted by Crippen LogP contribution is -2.07. The van der Waals surface area contributed by atoms with Gasteiger partial charge in [-0.1, -0.05) is 6.92 Å². The fourth-order valence-corrected chi connectivity index (χ4v) is 1.58.